The summed E-state index contributed by atoms with van der Waals surface area (Å²) in [4.78, 5) is 26.7. The van der Waals surface area contributed by atoms with Gasteiger partial charge in [-0.2, -0.15) is 0 Å². The first-order valence-electron chi connectivity index (χ1n) is 11.9. The lowest BCUT2D eigenvalue weighted by molar-refractivity contribution is -0.124. The number of carbonyl (C=O) groups excluding carboxylic acids is 2. The van der Waals surface area contributed by atoms with E-state index in [0.717, 1.165) is 42.6 Å². The lowest BCUT2D eigenvalue weighted by Gasteiger charge is -2.56. The third-order valence-corrected chi connectivity index (χ3v) is 9.86. The second-order valence-corrected chi connectivity index (χ2v) is 13.1. The highest BCUT2D eigenvalue weighted by molar-refractivity contribution is 7.17. The van der Waals surface area contributed by atoms with Gasteiger partial charge in [0, 0.05) is 11.3 Å². The highest BCUT2D eigenvalue weighted by Crippen LogP contribution is 2.61. The molecule has 1 atom stereocenters. The van der Waals surface area contributed by atoms with Crippen molar-refractivity contribution >= 4 is 28.2 Å². The van der Waals surface area contributed by atoms with Gasteiger partial charge in [0.05, 0.1) is 5.56 Å². The number of thiophene rings is 1. The predicted molar refractivity (Wildman–Crippen MR) is 122 cm³/mol. The van der Waals surface area contributed by atoms with E-state index in [0.29, 0.717) is 22.9 Å². The number of hydrogen-bond acceptors (Lipinski definition) is 3. The summed E-state index contributed by atoms with van der Waals surface area (Å²) >= 11 is 1.60. The Bertz CT molecular complexity index is 843. The van der Waals surface area contributed by atoms with Gasteiger partial charge in [0.2, 0.25) is 5.91 Å². The second kappa shape index (κ2) is 7.08. The van der Waals surface area contributed by atoms with Gasteiger partial charge in [-0.1, -0.05) is 20.8 Å². The molecule has 4 saturated carbocycles. The number of hydrogen-bond donors (Lipinski definition) is 2. The van der Waals surface area contributed by atoms with Crippen LogP contribution in [0.25, 0.3) is 0 Å². The molecular weight excluding hydrogens is 392 g/mol. The molecule has 1 heterocycles. The predicted octanol–water partition coefficient (Wildman–Crippen LogP) is 5.54. The second-order valence-electron chi connectivity index (χ2n) is 12.0. The first kappa shape index (κ1) is 20.5. The van der Waals surface area contributed by atoms with Crippen molar-refractivity contribution in [3.05, 3.63) is 16.0 Å². The molecule has 0 spiro atoms. The van der Waals surface area contributed by atoms with Gasteiger partial charge in [0.1, 0.15) is 5.00 Å². The van der Waals surface area contributed by atoms with Crippen molar-refractivity contribution in [1.29, 1.82) is 0 Å². The number of amides is 2. The van der Waals surface area contributed by atoms with Gasteiger partial charge in [-0.05, 0) is 97.9 Å². The molecule has 3 N–H and O–H groups in total. The van der Waals surface area contributed by atoms with E-state index in [1.54, 1.807) is 11.3 Å². The molecule has 5 aliphatic rings. The largest absolute Gasteiger partial charge is 0.365 e. The number of rotatable bonds is 4. The summed E-state index contributed by atoms with van der Waals surface area (Å²) in [5.41, 5.74) is 7.92. The zero-order valence-corrected chi connectivity index (χ0v) is 19.5. The third-order valence-electron chi connectivity index (χ3n) is 8.69. The fraction of sp³-hybridized carbons (Fsp3) is 0.760. The van der Waals surface area contributed by atoms with E-state index in [4.69, 9.17) is 5.73 Å². The lowest BCUT2D eigenvalue weighted by Crippen LogP contribution is -2.47. The normalized spacial score (nSPS) is 34.6. The standard InChI is InChI=1S/C25H36N2O2S/c1-24(2,3)17-4-5-18-19(9-17)30-23(21(18)22(26)29)27-20(28)13-25-10-14-6-15(11-25)8-16(7-14)12-25/h14-17H,4-13H2,1-3H3,(H2,26,29)(H,27,28). The fourth-order valence-electron chi connectivity index (χ4n) is 7.69. The minimum atomic E-state index is -0.396. The lowest BCUT2D eigenvalue weighted by atomic mass is 9.49. The van der Waals surface area contributed by atoms with Gasteiger partial charge in [-0.15, -0.1) is 11.3 Å². The van der Waals surface area contributed by atoms with Crippen LogP contribution < -0.4 is 11.1 Å². The first-order chi connectivity index (χ1) is 14.1. The summed E-state index contributed by atoms with van der Waals surface area (Å²) in [6, 6.07) is 0. The van der Waals surface area contributed by atoms with Crippen molar-refractivity contribution < 1.29 is 9.59 Å². The van der Waals surface area contributed by atoms with Crippen molar-refractivity contribution in [2.75, 3.05) is 5.32 Å². The molecule has 1 unspecified atom stereocenters. The summed E-state index contributed by atoms with van der Waals surface area (Å²) in [5.74, 6) is 2.81. The maximum Gasteiger partial charge on any atom is 0.251 e. The molecule has 6 rings (SSSR count). The van der Waals surface area contributed by atoms with Gasteiger partial charge in [0.25, 0.3) is 5.91 Å². The van der Waals surface area contributed by atoms with Crippen molar-refractivity contribution in [2.24, 2.45) is 40.2 Å². The molecule has 4 bridgehead atoms. The molecule has 1 aromatic rings. The molecule has 164 valence electrons. The maximum absolute atomic E-state index is 13.2. The Morgan fingerprint density at radius 2 is 1.70 bits per heavy atom. The quantitative estimate of drug-likeness (QED) is 0.660. The minimum absolute atomic E-state index is 0.0884. The Kier molecular flexibility index (Phi) is 4.85. The van der Waals surface area contributed by atoms with Gasteiger partial charge < -0.3 is 11.1 Å². The summed E-state index contributed by atoms with van der Waals surface area (Å²) < 4.78 is 0. The van der Waals surface area contributed by atoms with Crippen molar-refractivity contribution in [1.82, 2.24) is 0 Å². The van der Waals surface area contributed by atoms with Crippen LogP contribution >= 0.6 is 11.3 Å². The van der Waals surface area contributed by atoms with E-state index in [1.807, 2.05) is 0 Å². The summed E-state index contributed by atoms with van der Waals surface area (Å²) in [7, 11) is 0. The van der Waals surface area contributed by atoms with Gasteiger partial charge in [-0.25, -0.2) is 0 Å². The number of nitrogens with two attached hydrogens (primary N) is 1. The molecule has 30 heavy (non-hydrogen) atoms. The van der Waals surface area contributed by atoms with Crippen LogP contribution in [0.5, 0.6) is 0 Å². The molecule has 5 aliphatic carbocycles. The molecule has 4 fully saturated rings. The first-order valence-corrected chi connectivity index (χ1v) is 12.7. The molecule has 0 aromatic carbocycles. The van der Waals surface area contributed by atoms with Crippen LogP contribution in [-0.2, 0) is 17.6 Å². The Hall–Kier alpha value is -1.36. The smallest absolute Gasteiger partial charge is 0.251 e. The van der Waals surface area contributed by atoms with Crippen molar-refractivity contribution in [3.8, 4) is 0 Å². The molecule has 4 nitrogen and oxygen atoms in total. The summed E-state index contributed by atoms with van der Waals surface area (Å²) in [6.07, 6.45) is 11.4. The Labute approximate surface area is 184 Å². The molecular formula is C25H36N2O2S. The average molecular weight is 429 g/mol. The van der Waals surface area contributed by atoms with Crippen molar-refractivity contribution in [3.63, 3.8) is 0 Å². The van der Waals surface area contributed by atoms with Crippen LogP contribution in [0.3, 0.4) is 0 Å². The molecule has 0 radical (unpaired) electrons. The van der Waals surface area contributed by atoms with Gasteiger partial charge >= 0.3 is 0 Å². The molecule has 2 amide bonds. The molecule has 5 heteroatoms. The zero-order valence-electron chi connectivity index (χ0n) is 18.7. The summed E-state index contributed by atoms with van der Waals surface area (Å²) in [5, 5.41) is 3.86. The van der Waals surface area contributed by atoms with Gasteiger partial charge in [0.15, 0.2) is 0 Å². The topological polar surface area (TPSA) is 72.2 Å². The van der Waals surface area contributed by atoms with E-state index in [-0.39, 0.29) is 16.7 Å². The van der Waals surface area contributed by atoms with Crippen molar-refractivity contribution in [2.45, 2.75) is 85.0 Å². The number of nitrogens with one attached hydrogen (secondary N) is 1. The van der Waals surface area contributed by atoms with E-state index in [9.17, 15) is 9.59 Å². The van der Waals surface area contributed by atoms with Crippen LogP contribution in [0.1, 0.15) is 92.9 Å². The summed E-state index contributed by atoms with van der Waals surface area (Å²) in [6.45, 7) is 6.87. The fourth-order valence-corrected chi connectivity index (χ4v) is 9.04. The zero-order chi connectivity index (χ0) is 21.3. The van der Waals surface area contributed by atoms with E-state index >= 15 is 0 Å². The average Bonchev–Trinajstić information content (AvgIpc) is 2.95. The molecule has 1 aromatic heterocycles. The SMILES string of the molecule is CC(C)(C)C1CCc2c(sc(NC(=O)CC34CC5CC(CC(C5)C3)C4)c2C(N)=O)C1. The van der Waals surface area contributed by atoms with E-state index in [1.165, 1.54) is 43.4 Å². The maximum atomic E-state index is 13.2. The third kappa shape index (κ3) is 3.61. The Morgan fingerprint density at radius 3 is 2.23 bits per heavy atom. The van der Waals surface area contributed by atoms with Crippen LogP contribution in [0.2, 0.25) is 0 Å². The van der Waals surface area contributed by atoms with Gasteiger partial charge in [-0.3, -0.25) is 9.59 Å². The number of fused-ring (bicyclic) bond motifs is 1. The monoisotopic (exact) mass is 428 g/mol. The van der Waals surface area contributed by atoms with Crippen LogP contribution in [-0.4, -0.2) is 11.8 Å². The van der Waals surface area contributed by atoms with E-state index < -0.39 is 5.91 Å². The highest BCUT2D eigenvalue weighted by Gasteiger charge is 2.51. The highest BCUT2D eigenvalue weighted by atomic mass is 32.1. The Balaban J connectivity index is 1.34. The molecule has 0 aliphatic heterocycles. The van der Waals surface area contributed by atoms with Crippen LogP contribution in [0.4, 0.5) is 5.00 Å². The Morgan fingerprint density at radius 1 is 1.10 bits per heavy atom. The van der Waals surface area contributed by atoms with Crippen LogP contribution in [0.15, 0.2) is 0 Å². The number of primary amides is 1. The number of carbonyl (C=O) groups is 2. The molecule has 0 saturated heterocycles. The number of anilines is 1. The minimum Gasteiger partial charge on any atom is -0.365 e. The van der Waals surface area contributed by atoms with E-state index in [2.05, 4.69) is 26.1 Å². The van der Waals surface area contributed by atoms with Crippen LogP contribution in [0, 0.1) is 34.5 Å².